The number of hydrogen-bond acceptors (Lipinski definition) is 3. The zero-order chi connectivity index (χ0) is 13.9. The van der Waals surface area contributed by atoms with E-state index in [0.717, 1.165) is 21.9 Å². The highest BCUT2D eigenvalue weighted by atomic mass is 33.1. The monoisotopic (exact) mass is 296 g/mol. The zero-order valence-corrected chi connectivity index (χ0v) is 12.0. The molecule has 0 aliphatic carbocycles. The molecule has 0 saturated heterocycles. The summed E-state index contributed by atoms with van der Waals surface area (Å²) in [6.07, 6.45) is 0. The van der Waals surface area contributed by atoms with Gasteiger partial charge in [-0.15, -0.1) is 0 Å². The number of aryl methyl sites for hydroxylation is 1. The average molecular weight is 296 g/mol. The largest absolute Gasteiger partial charge is 0.230 e. The molecule has 0 saturated carbocycles. The van der Waals surface area contributed by atoms with Crippen molar-refractivity contribution in [1.29, 1.82) is 0 Å². The molecule has 0 atom stereocenters. The van der Waals surface area contributed by atoms with E-state index in [4.69, 9.17) is 0 Å². The van der Waals surface area contributed by atoms with Crippen molar-refractivity contribution in [2.45, 2.75) is 17.6 Å². The van der Waals surface area contributed by atoms with Gasteiger partial charge in [0.05, 0.1) is 4.90 Å². The first-order valence-corrected chi connectivity index (χ1v) is 8.66. The summed E-state index contributed by atoms with van der Waals surface area (Å²) in [6.45, 7) is 1.90. The van der Waals surface area contributed by atoms with Crippen molar-refractivity contribution in [3.8, 4) is 0 Å². The van der Waals surface area contributed by atoms with Crippen LogP contribution in [-0.2, 0) is 14.6 Å². The third-order valence-corrected chi connectivity index (χ3v) is 6.08. The Kier molecular flexibility index (Phi) is 4.27. The van der Waals surface area contributed by atoms with Gasteiger partial charge in [-0.3, -0.25) is 0 Å². The van der Waals surface area contributed by atoms with Gasteiger partial charge in [-0.2, -0.15) is 0 Å². The SMILES string of the molecule is Cc1ccc(S(=O)(=O)SCc2ccc(F)cc2)cc1. The van der Waals surface area contributed by atoms with E-state index in [2.05, 4.69) is 0 Å². The van der Waals surface area contributed by atoms with Gasteiger partial charge in [0.25, 0.3) is 0 Å². The second kappa shape index (κ2) is 5.75. The number of benzene rings is 2. The lowest BCUT2D eigenvalue weighted by Gasteiger charge is -2.04. The third-order valence-electron chi connectivity index (χ3n) is 2.60. The minimum atomic E-state index is -3.36. The van der Waals surface area contributed by atoms with Crippen molar-refractivity contribution in [2.75, 3.05) is 0 Å². The third kappa shape index (κ3) is 3.81. The molecule has 0 N–H and O–H groups in total. The van der Waals surface area contributed by atoms with Crippen LogP contribution in [0.3, 0.4) is 0 Å². The van der Waals surface area contributed by atoms with Crippen molar-refractivity contribution in [3.63, 3.8) is 0 Å². The van der Waals surface area contributed by atoms with Gasteiger partial charge in [0.1, 0.15) is 5.82 Å². The topological polar surface area (TPSA) is 34.1 Å². The Labute approximate surface area is 116 Å². The first-order valence-electron chi connectivity index (χ1n) is 5.68. The molecule has 0 spiro atoms. The Morgan fingerprint density at radius 3 is 2.16 bits per heavy atom. The van der Waals surface area contributed by atoms with Crippen LogP contribution in [0, 0.1) is 12.7 Å². The van der Waals surface area contributed by atoms with Gasteiger partial charge in [-0.1, -0.05) is 29.8 Å². The van der Waals surface area contributed by atoms with Crippen LogP contribution in [0.15, 0.2) is 53.4 Å². The molecular weight excluding hydrogens is 283 g/mol. The lowest BCUT2D eigenvalue weighted by atomic mass is 10.2. The lowest BCUT2D eigenvalue weighted by Crippen LogP contribution is -1.96. The molecule has 0 amide bonds. The maximum Gasteiger partial charge on any atom is 0.230 e. The molecule has 5 heteroatoms. The predicted molar refractivity (Wildman–Crippen MR) is 76.1 cm³/mol. The summed E-state index contributed by atoms with van der Waals surface area (Å²) in [6, 6.07) is 12.6. The van der Waals surface area contributed by atoms with Crippen molar-refractivity contribution in [1.82, 2.24) is 0 Å². The molecule has 0 bridgehead atoms. The van der Waals surface area contributed by atoms with Crippen LogP contribution in [0.5, 0.6) is 0 Å². The molecule has 2 rings (SSSR count). The van der Waals surface area contributed by atoms with Crippen LogP contribution in [0.25, 0.3) is 0 Å². The maximum absolute atomic E-state index is 12.7. The Morgan fingerprint density at radius 2 is 1.58 bits per heavy atom. The molecule has 0 fully saturated rings. The maximum atomic E-state index is 12.7. The van der Waals surface area contributed by atoms with Crippen LogP contribution < -0.4 is 0 Å². The fourth-order valence-corrected chi connectivity index (χ4v) is 4.20. The molecule has 0 radical (unpaired) electrons. The van der Waals surface area contributed by atoms with Gasteiger partial charge >= 0.3 is 0 Å². The quantitative estimate of drug-likeness (QED) is 0.806. The summed E-state index contributed by atoms with van der Waals surface area (Å²) in [5.41, 5.74) is 1.80. The summed E-state index contributed by atoms with van der Waals surface area (Å²) in [5.74, 6) is -0.0219. The first-order chi connectivity index (χ1) is 8.97. The predicted octanol–water partition coefficient (Wildman–Crippen LogP) is 3.76. The fourth-order valence-electron chi connectivity index (χ4n) is 1.50. The van der Waals surface area contributed by atoms with Gasteiger partial charge in [0.2, 0.25) is 8.87 Å². The zero-order valence-electron chi connectivity index (χ0n) is 10.3. The molecule has 100 valence electrons. The summed E-state index contributed by atoms with van der Waals surface area (Å²) in [5, 5.41) is 0. The van der Waals surface area contributed by atoms with Crippen molar-refractivity contribution in [3.05, 3.63) is 65.5 Å². The van der Waals surface area contributed by atoms with Crippen LogP contribution in [0.2, 0.25) is 0 Å². The van der Waals surface area contributed by atoms with E-state index in [9.17, 15) is 12.8 Å². The highest BCUT2D eigenvalue weighted by Gasteiger charge is 2.14. The standard InChI is InChI=1S/C14H13FO2S2/c1-11-2-8-14(9-3-11)19(16,17)18-10-12-4-6-13(15)7-5-12/h2-9H,10H2,1H3. The normalized spacial score (nSPS) is 11.5. The van der Waals surface area contributed by atoms with E-state index in [0.29, 0.717) is 10.6 Å². The van der Waals surface area contributed by atoms with Crippen LogP contribution in [-0.4, -0.2) is 8.42 Å². The molecule has 2 aromatic rings. The number of rotatable bonds is 4. The van der Waals surface area contributed by atoms with Crippen molar-refractivity contribution in [2.24, 2.45) is 0 Å². The van der Waals surface area contributed by atoms with Crippen LogP contribution >= 0.6 is 10.8 Å². The first kappa shape index (κ1) is 14.1. The Morgan fingerprint density at radius 1 is 1.00 bits per heavy atom. The van der Waals surface area contributed by atoms with Gasteiger partial charge in [-0.25, -0.2) is 12.8 Å². The van der Waals surface area contributed by atoms with Crippen molar-refractivity contribution >= 4 is 19.7 Å². The van der Waals surface area contributed by atoms with Crippen LogP contribution in [0.4, 0.5) is 4.39 Å². The molecule has 2 nitrogen and oxygen atoms in total. The van der Waals surface area contributed by atoms with E-state index < -0.39 is 8.87 Å². The van der Waals surface area contributed by atoms with Gasteiger partial charge in [0.15, 0.2) is 0 Å². The van der Waals surface area contributed by atoms with E-state index >= 15 is 0 Å². The summed E-state index contributed by atoms with van der Waals surface area (Å²) >= 11 is 0. The minimum Gasteiger partial charge on any atom is -0.212 e. The highest BCUT2D eigenvalue weighted by molar-refractivity contribution is 8.71. The summed E-state index contributed by atoms with van der Waals surface area (Å²) in [4.78, 5) is 0.296. The summed E-state index contributed by atoms with van der Waals surface area (Å²) < 4.78 is 36.9. The molecule has 19 heavy (non-hydrogen) atoms. The molecule has 0 heterocycles. The average Bonchev–Trinajstić information content (AvgIpc) is 2.39. The number of halogens is 1. The molecule has 0 aliphatic heterocycles. The van der Waals surface area contributed by atoms with E-state index in [1.807, 2.05) is 6.92 Å². The van der Waals surface area contributed by atoms with Crippen molar-refractivity contribution < 1.29 is 12.8 Å². The molecule has 0 unspecified atom stereocenters. The fraction of sp³-hybridized carbons (Fsp3) is 0.143. The van der Waals surface area contributed by atoms with Gasteiger partial charge < -0.3 is 0 Å². The Bertz CT molecular complexity index is 647. The molecule has 2 aromatic carbocycles. The van der Waals surface area contributed by atoms with E-state index in [1.165, 1.54) is 12.1 Å². The van der Waals surface area contributed by atoms with Gasteiger partial charge in [-0.05, 0) is 47.5 Å². The second-order valence-corrected chi connectivity index (χ2v) is 8.08. The molecular formula is C14H13FO2S2. The Balaban J connectivity index is 2.09. The summed E-state index contributed by atoms with van der Waals surface area (Å²) in [7, 11) is -2.52. The highest BCUT2D eigenvalue weighted by Crippen LogP contribution is 2.26. The lowest BCUT2D eigenvalue weighted by molar-refractivity contribution is 0.610. The Hall–Kier alpha value is -1.33. The second-order valence-electron chi connectivity index (χ2n) is 4.16. The number of hydrogen-bond donors (Lipinski definition) is 0. The molecule has 0 aliphatic rings. The van der Waals surface area contributed by atoms with Crippen LogP contribution in [0.1, 0.15) is 11.1 Å². The van der Waals surface area contributed by atoms with E-state index in [-0.39, 0.29) is 5.82 Å². The van der Waals surface area contributed by atoms with E-state index in [1.54, 1.807) is 36.4 Å². The minimum absolute atomic E-state index is 0.296. The molecule has 0 aromatic heterocycles. The van der Waals surface area contributed by atoms with Gasteiger partial charge in [0, 0.05) is 5.75 Å². The smallest absolute Gasteiger partial charge is 0.212 e.